The number of aliphatic hydroxyl groups is 6. The van der Waals surface area contributed by atoms with Crippen molar-refractivity contribution < 1.29 is 35.4 Å². The van der Waals surface area contributed by atoms with E-state index in [0.717, 1.165) is 0 Å². The third kappa shape index (κ3) is 4.96. The Hall–Kier alpha value is -0.280. The van der Waals surface area contributed by atoms with Gasteiger partial charge in [0.1, 0.15) is 6.10 Å². The van der Waals surface area contributed by atoms with Crippen molar-refractivity contribution in [3.05, 3.63) is 0 Å². The minimum Gasteiger partial charge on any atom is -0.394 e. The highest BCUT2D eigenvalue weighted by Crippen LogP contribution is 2.26. The summed E-state index contributed by atoms with van der Waals surface area (Å²) in [7, 11) is 0. The molecule has 1 aliphatic rings. The lowest BCUT2D eigenvalue weighted by Gasteiger charge is -2.39. The van der Waals surface area contributed by atoms with Crippen LogP contribution >= 0.6 is 0 Å². The van der Waals surface area contributed by atoms with Crippen LogP contribution in [0.5, 0.6) is 0 Å². The first-order valence-corrected chi connectivity index (χ1v) is 6.51. The van der Waals surface area contributed by atoms with Gasteiger partial charge in [-0.3, -0.25) is 0 Å². The summed E-state index contributed by atoms with van der Waals surface area (Å²) in [5.41, 5.74) is 0. The summed E-state index contributed by atoms with van der Waals surface area (Å²) >= 11 is 0. The Balaban J connectivity index is 2.54. The fourth-order valence-corrected chi connectivity index (χ4v) is 2.24. The molecule has 0 aromatic heterocycles. The second kappa shape index (κ2) is 7.49. The summed E-state index contributed by atoms with van der Waals surface area (Å²) in [5, 5.41) is 56.6. The second-order valence-corrected chi connectivity index (χ2v) is 5.21. The molecular weight excluding hydrogens is 256 g/mol. The smallest absolute Gasteiger partial charge is 0.106 e. The van der Waals surface area contributed by atoms with Crippen LogP contribution < -0.4 is 0 Å². The van der Waals surface area contributed by atoms with Crippen molar-refractivity contribution in [3.8, 4) is 0 Å². The molecule has 1 heterocycles. The fraction of sp³-hybridized carbons (Fsp3) is 1.00. The Kier molecular flexibility index (Phi) is 6.61. The fourth-order valence-electron chi connectivity index (χ4n) is 2.24. The zero-order valence-corrected chi connectivity index (χ0v) is 11.0. The number of hydrogen-bond acceptors (Lipinski definition) is 7. The van der Waals surface area contributed by atoms with Crippen molar-refractivity contribution in [2.24, 2.45) is 0 Å². The molecule has 1 saturated heterocycles. The molecule has 0 aromatic carbocycles. The van der Waals surface area contributed by atoms with Gasteiger partial charge in [-0.1, -0.05) is 0 Å². The van der Waals surface area contributed by atoms with E-state index >= 15 is 0 Å². The van der Waals surface area contributed by atoms with E-state index in [0.29, 0.717) is 0 Å². The van der Waals surface area contributed by atoms with Gasteiger partial charge in [0.05, 0.1) is 43.2 Å². The topological polar surface area (TPSA) is 131 Å². The molecule has 1 rings (SSSR count). The quantitative estimate of drug-likeness (QED) is 0.324. The zero-order chi connectivity index (χ0) is 14.6. The Morgan fingerprint density at radius 3 is 2.32 bits per heavy atom. The SMILES string of the molecule is C[C@H](O)[C@@H]1C[C@H](O)[C@H](O)[C@@H](C[C@H](O)C[C@H](O)CO)O1. The number of rotatable bonds is 6. The lowest BCUT2D eigenvalue weighted by Crippen LogP contribution is -2.52. The Labute approximate surface area is 112 Å². The van der Waals surface area contributed by atoms with Crippen LogP contribution in [-0.4, -0.2) is 80.0 Å². The average Bonchev–Trinajstić information content (AvgIpc) is 2.34. The first-order valence-electron chi connectivity index (χ1n) is 6.51. The molecule has 1 aliphatic heterocycles. The van der Waals surface area contributed by atoms with Crippen molar-refractivity contribution >= 4 is 0 Å². The maximum atomic E-state index is 9.80. The van der Waals surface area contributed by atoms with Crippen LogP contribution in [0.1, 0.15) is 26.2 Å². The Morgan fingerprint density at radius 1 is 1.16 bits per heavy atom. The highest BCUT2D eigenvalue weighted by molar-refractivity contribution is 4.88. The second-order valence-electron chi connectivity index (χ2n) is 5.21. The van der Waals surface area contributed by atoms with E-state index in [1.54, 1.807) is 0 Å². The summed E-state index contributed by atoms with van der Waals surface area (Å²) in [6, 6.07) is 0. The van der Waals surface area contributed by atoms with E-state index in [-0.39, 0.29) is 19.3 Å². The van der Waals surface area contributed by atoms with Crippen molar-refractivity contribution in [2.75, 3.05) is 6.61 Å². The van der Waals surface area contributed by atoms with Gasteiger partial charge in [0, 0.05) is 19.3 Å². The summed E-state index contributed by atoms with van der Waals surface area (Å²) in [5.74, 6) is 0. The molecule has 0 spiro atoms. The molecule has 6 N–H and O–H groups in total. The molecule has 7 atom stereocenters. The lowest BCUT2D eigenvalue weighted by molar-refractivity contribution is -0.198. The third-order valence-electron chi connectivity index (χ3n) is 3.40. The van der Waals surface area contributed by atoms with E-state index in [9.17, 15) is 25.5 Å². The molecule has 0 radical (unpaired) electrons. The molecule has 0 bridgehead atoms. The van der Waals surface area contributed by atoms with Gasteiger partial charge in [-0.05, 0) is 6.92 Å². The van der Waals surface area contributed by atoms with Crippen molar-refractivity contribution in [1.29, 1.82) is 0 Å². The molecular formula is C12H24O7. The number of aliphatic hydroxyl groups excluding tert-OH is 6. The maximum Gasteiger partial charge on any atom is 0.106 e. The highest BCUT2D eigenvalue weighted by Gasteiger charge is 2.39. The van der Waals surface area contributed by atoms with Crippen LogP contribution in [0.3, 0.4) is 0 Å². The van der Waals surface area contributed by atoms with Crippen LogP contribution in [0.4, 0.5) is 0 Å². The Morgan fingerprint density at radius 2 is 1.79 bits per heavy atom. The average molecular weight is 280 g/mol. The summed E-state index contributed by atoms with van der Waals surface area (Å²) < 4.78 is 5.45. The minimum atomic E-state index is -1.14. The van der Waals surface area contributed by atoms with Gasteiger partial charge in [0.2, 0.25) is 0 Å². The molecule has 0 aliphatic carbocycles. The molecule has 19 heavy (non-hydrogen) atoms. The lowest BCUT2D eigenvalue weighted by atomic mass is 9.91. The van der Waals surface area contributed by atoms with Crippen molar-refractivity contribution in [3.63, 3.8) is 0 Å². The van der Waals surface area contributed by atoms with E-state index < -0.39 is 49.3 Å². The first kappa shape index (κ1) is 16.8. The first-order chi connectivity index (χ1) is 8.85. The van der Waals surface area contributed by atoms with Crippen molar-refractivity contribution in [1.82, 2.24) is 0 Å². The van der Waals surface area contributed by atoms with Gasteiger partial charge >= 0.3 is 0 Å². The monoisotopic (exact) mass is 280 g/mol. The molecule has 114 valence electrons. The van der Waals surface area contributed by atoms with E-state index in [1.807, 2.05) is 0 Å². The molecule has 0 aromatic rings. The Bertz CT molecular complexity index is 260. The van der Waals surface area contributed by atoms with E-state index in [1.165, 1.54) is 6.92 Å². The number of hydrogen-bond donors (Lipinski definition) is 6. The summed E-state index contributed by atoms with van der Waals surface area (Å²) in [6.07, 6.45) is -6.27. The van der Waals surface area contributed by atoms with Gasteiger partial charge < -0.3 is 35.4 Å². The van der Waals surface area contributed by atoms with Gasteiger partial charge in [-0.15, -0.1) is 0 Å². The van der Waals surface area contributed by atoms with E-state index in [4.69, 9.17) is 9.84 Å². The maximum absolute atomic E-state index is 9.80. The molecule has 7 heteroatoms. The normalized spacial score (nSPS) is 36.8. The van der Waals surface area contributed by atoms with Crippen LogP contribution in [0.2, 0.25) is 0 Å². The predicted molar refractivity (Wildman–Crippen MR) is 65.3 cm³/mol. The minimum absolute atomic E-state index is 0.0124. The zero-order valence-electron chi connectivity index (χ0n) is 11.0. The van der Waals surface area contributed by atoms with Crippen LogP contribution in [0.25, 0.3) is 0 Å². The molecule has 1 fully saturated rings. The molecule has 0 unspecified atom stereocenters. The van der Waals surface area contributed by atoms with E-state index in [2.05, 4.69) is 0 Å². The van der Waals surface area contributed by atoms with Crippen LogP contribution in [0, 0.1) is 0 Å². The molecule has 0 saturated carbocycles. The highest BCUT2D eigenvalue weighted by atomic mass is 16.5. The van der Waals surface area contributed by atoms with Gasteiger partial charge in [0.15, 0.2) is 0 Å². The third-order valence-corrected chi connectivity index (χ3v) is 3.40. The van der Waals surface area contributed by atoms with Gasteiger partial charge in [0.25, 0.3) is 0 Å². The molecule has 0 amide bonds. The van der Waals surface area contributed by atoms with Crippen LogP contribution in [0.15, 0.2) is 0 Å². The number of ether oxygens (including phenoxy) is 1. The van der Waals surface area contributed by atoms with Crippen molar-refractivity contribution in [2.45, 2.75) is 68.9 Å². The van der Waals surface area contributed by atoms with Gasteiger partial charge in [-0.25, -0.2) is 0 Å². The largest absolute Gasteiger partial charge is 0.394 e. The summed E-state index contributed by atoms with van der Waals surface area (Å²) in [6.45, 7) is 1.07. The predicted octanol–water partition coefficient (Wildman–Crippen LogP) is -2.26. The summed E-state index contributed by atoms with van der Waals surface area (Å²) in [4.78, 5) is 0. The standard InChI is InChI=1S/C12H24O7/c1-6(14)10-4-9(17)12(18)11(19-10)3-7(15)2-8(16)5-13/h6-18H,2-5H2,1H3/t6-,7+,8-,9-,10-,11+,12-/m0/s1. The molecule has 7 nitrogen and oxygen atoms in total. The van der Waals surface area contributed by atoms with Crippen LogP contribution in [-0.2, 0) is 4.74 Å². The van der Waals surface area contributed by atoms with Gasteiger partial charge in [-0.2, -0.15) is 0 Å².